The lowest BCUT2D eigenvalue weighted by Crippen LogP contribution is -2.50. The van der Waals surface area contributed by atoms with Gasteiger partial charge in [0.25, 0.3) is 0 Å². The summed E-state index contributed by atoms with van der Waals surface area (Å²) in [6, 6.07) is -0.509. The van der Waals surface area contributed by atoms with Gasteiger partial charge in [-0.25, -0.2) is 4.79 Å². The second kappa shape index (κ2) is 5.56. The fraction of sp³-hybridized carbons (Fsp3) is 0.833. The molecule has 0 spiro atoms. The van der Waals surface area contributed by atoms with Crippen LogP contribution in [0, 0.1) is 5.92 Å². The molecule has 18 heavy (non-hydrogen) atoms. The highest BCUT2D eigenvalue weighted by Crippen LogP contribution is 2.25. The Morgan fingerprint density at radius 2 is 1.89 bits per heavy atom. The predicted octanol–water partition coefficient (Wildman–Crippen LogP) is 0.716. The molecule has 0 aromatic rings. The van der Waals surface area contributed by atoms with Gasteiger partial charge in [0.2, 0.25) is 0 Å². The zero-order valence-electron chi connectivity index (χ0n) is 10.5. The Kier molecular flexibility index (Phi) is 4.06. The maximum Gasteiger partial charge on any atom is 0.315 e. The van der Waals surface area contributed by atoms with E-state index < -0.39 is 11.9 Å². The van der Waals surface area contributed by atoms with Crippen molar-refractivity contribution in [3.63, 3.8) is 0 Å². The van der Waals surface area contributed by atoms with E-state index in [1.807, 2.05) is 6.92 Å². The van der Waals surface area contributed by atoms with E-state index in [0.717, 1.165) is 19.3 Å². The van der Waals surface area contributed by atoms with Crippen LogP contribution in [0.5, 0.6) is 0 Å². The summed E-state index contributed by atoms with van der Waals surface area (Å²) in [7, 11) is 0. The van der Waals surface area contributed by atoms with Crippen LogP contribution in [0.2, 0.25) is 0 Å². The van der Waals surface area contributed by atoms with Crippen LogP contribution < -0.4 is 10.6 Å². The van der Waals surface area contributed by atoms with E-state index in [0.29, 0.717) is 13.0 Å². The number of rotatable bonds is 3. The molecular formula is C12H20N2O4. The molecule has 2 rings (SSSR count). The van der Waals surface area contributed by atoms with Crippen molar-refractivity contribution >= 4 is 12.0 Å². The van der Waals surface area contributed by atoms with Crippen molar-refractivity contribution in [2.24, 2.45) is 5.92 Å². The van der Waals surface area contributed by atoms with Gasteiger partial charge in [0.1, 0.15) is 0 Å². The molecule has 1 saturated heterocycles. The minimum atomic E-state index is -0.824. The standard InChI is InChI=1S/C12H20N2O4/c1-7-9(5-6-18-7)13-12(17)14-10-4-2-3-8(10)11(15)16/h7-10H,2-6H2,1H3,(H,15,16)(H2,13,14,17). The van der Waals surface area contributed by atoms with Gasteiger partial charge in [0, 0.05) is 12.6 Å². The van der Waals surface area contributed by atoms with Gasteiger partial charge in [-0.15, -0.1) is 0 Å². The first-order valence-corrected chi connectivity index (χ1v) is 6.49. The zero-order chi connectivity index (χ0) is 13.1. The first-order valence-electron chi connectivity index (χ1n) is 6.49. The number of hydrogen-bond donors (Lipinski definition) is 3. The van der Waals surface area contributed by atoms with Gasteiger partial charge < -0.3 is 20.5 Å². The third-order valence-corrected chi connectivity index (χ3v) is 3.84. The molecule has 1 aliphatic carbocycles. The Labute approximate surface area is 106 Å². The van der Waals surface area contributed by atoms with Crippen LogP contribution in [0.3, 0.4) is 0 Å². The highest BCUT2D eigenvalue weighted by molar-refractivity contribution is 5.77. The van der Waals surface area contributed by atoms with Crippen LogP contribution >= 0.6 is 0 Å². The van der Waals surface area contributed by atoms with E-state index >= 15 is 0 Å². The van der Waals surface area contributed by atoms with E-state index in [-0.39, 0.29) is 24.2 Å². The monoisotopic (exact) mass is 256 g/mol. The second-order valence-corrected chi connectivity index (χ2v) is 5.07. The first kappa shape index (κ1) is 13.1. The summed E-state index contributed by atoms with van der Waals surface area (Å²) in [4.78, 5) is 22.8. The number of carboxylic acid groups (broad SMARTS) is 1. The second-order valence-electron chi connectivity index (χ2n) is 5.07. The molecule has 1 heterocycles. The number of carboxylic acids is 1. The van der Waals surface area contributed by atoms with Crippen molar-refractivity contribution in [2.45, 2.75) is 50.8 Å². The summed E-state index contributed by atoms with van der Waals surface area (Å²) >= 11 is 0. The Hall–Kier alpha value is -1.30. The highest BCUT2D eigenvalue weighted by Gasteiger charge is 2.34. The molecule has 3 N–H and O–H groups in total. The Balaban J connectivity index is 1.81. The number of hydrogen-bond acceptors (Lipinski definition) is 3. The van der Waals surface area contributed by atoms with E-state index in [1.165, 1.54) is 0 Å². The van der Waals surface area contributed by atoms with E-state index in [1.54, 1.807) is 0 Å². The van der Waals surface area contributed by atoms with Crippen molar-refractivity contribution in [1.29, 1.82) is 0 Å². The number of amides is 2. The number of nitrogens with one attached hydrogen (secondary N) is 2. The lowest BCUT2D eigenvalue weighted by molar-refractivity contribution is -0.142. The van der Waals surface area contributed by atoms with Gasteiger partial charge >= 0.3 is 12.0 Å². The summed E-state index contributed by atoms with van der Waals surface area (Å²) in [6.45, 7) is 2.58. The van der Waals surface area contributed by atoms with Crippen LogP contribution in [0.4, 0.5) is 4.79 Å². The molecule has 102 valence electrons. The number of aliphatic carboxylic acids is 1. The van der Waals surface area contributed by atoms with Crippen LogP contribution in [-0.4, -0.2) is 41.9 Å². The smallest absolute Gasteiger partial charge is 0.315 e. The van der Waals surface area contributed by atoms with Crippen molar-refractivity contribution in [3.8, 4) is 0 Å². The number of carbonyl (C=O) groups excluding carboxylic acids is 1. The molecule has 0 aromatic carbocycles. The SMILES string of the molecule is CC1OCCC1NC(=O)NC1CCCC1C(=O)O. The predicted molar refractivity (Wildman–Crippen MR) is 64.3 cm³/mol. The third kappa shape index (κ3) is 2.93. The molecule has 6 nitrogen and oxygen atoms in total. The van der Waals surface area contributed by atoms with Crippen LogP contribution in [0.1, 0.15) is 32.6 Å². The van der Waals surface area contributed by atoms with Crippen molar-refractivity contribution in [2.75, 3.05) is 6.61 Å². The summed E-state index contributed by atoms with van der Waals surface area (Å²) in [6.07, 6.45) is 3.06. The molecule has 4 unspecified atom stereocenters. The van der Waals surface area contributed by atoms with Gasteiger partial charge in [-0.2, -0.15) is 0 Å². The third-order valence-electron chi connectivity index (χ3n) is 3.84. The van der Waals surface area contributed by atoms with Crippen molar-refractivity contribution in [1.82, 2.24) is 10.6 Å². The lowest BCUT2D eigenvalue weighted by Gasteiger charge is -2.21. The Morgan fingerprint density at radius 1 is 1.17 bits per heavy atom. The van der Waals surface area contributed by atoms with Gasteiger partial charge in [-0.3, -0.25) is 4.79 Å². The molecule has 6 heteroatoms. The maximum absolute atomic E-state index is 11.8. The zero-order valence-corrected chi connectivity index (χ0v) is 10.5. The molecule has 1 saturated carbocycles. The van der Waals surface area contributed by atoms with Gasteiger partial charge in [0.05, 0.1) is 18.1 Å². The highest BCUT2D eigenvalue weighted by atomic mass is 16.5. The van der Waals surface area contributed by atoms with Gasteiger partial charge in [-0.05, 0) is 26.2 Å². The van der Waals surface area contributed by atoms with Crippen LogP contribution in [0.25, 0.3) is 0 Å². The average molecular weight is 256 g/mol. The molecule has 4 atom stereocenters. The van der Waals surface area contributed by atoms with Gasteiger partial charge in [0.15, 0.2) is 0 Å². The molecule has 0 aromatic heterocycles. The molecular weight excluding hydrogens is 236 g/mol. The van der Waals surface area contributed by atoms with Crippen molar-refractivity contribution in [3.05, 3.63) is 0 Å². The maximum atomic E-state index is 11.8. The quantitative estimate of drug-likeness (QED) is 0.694. The fourth-order valence-corrected chi connectivity index (χ4v) is 2.73. The molecule has 1 aliphatic heterocycles. The van der Waals surface area contributed by atoms with Crippen molar-refractivity contribution < 1.29 is 19.4 Å². The summed E-state index contributed by atoms with van der Waals surface area (Å²) in [5.74, 6) is -1.27. The normalized spacial score (nSPS) is 35.4. The number of urea groups is 1. The topological polar surface area (TPSA) is 87.7 Å². The largest absolute Gasteiger partial charge is 0.481 e. The minimum absolute atomic E-state index is 0.0228. The summed E-state index contributed by atoms with van der Waals surface area (Å²) in [5.41, 5.74) is 0. The fourth-order valence-electron chi connectivity index (χ4n) is 2.73. The Bertz CT molecular complexity index is 334. The Morgan fingerprint density at radius 3 is 2.50 bits per heavy atom. The molecule has 2 fully saturated rings. The summed E-state index contributed by atoms with van der Waals surface area (Å²) < 4.78 is 5.36. The average Bonchev–Trinajstić information content (AvgIpc) is 2.89. The molecule has 0 bridgehead atoms. The molecule has 0 radical (unpaired) electrons. The number of ether oxygens (including phenoxy) is 1. The van der Waals surface area contributed by atoms with E-state index in [9.17, 15) is 9.59 Å². The minimum Gasteiger partial charge on any atom is -0.481 e. The molecule has 2 amide bonds. The summed E-state index contributed by atoms with van der Waals surface area (Å²) in [5, 5.41) is 14.6. The molecule has 2 aliphatic rings. The lowest BCUT2D eigenvalue weighted by atomic mass is 10.0. The van der Waals surface area contributed by atoms with Gasteiger partial charge in [-0.1, -0.05) is 6.42 Å². The number of carbonyl (C=O) groups is 2. The van der Waals surface area contributed by atoms with Crippen LogP contribution in [0.15, 0.2) is 0 Å². The first-order chi connectivity index (χ1) is 8.58. The van der Waals surface area contributed by atoms with E-state index in [2.05, 4.69) is 10.6 Å². The van der Waals surface area contributed by atoms with E-state index in [4.69, 9.17) is 9.84 Å². The van der Waals surface area contributed by atoms with Crippen LogP contribution in [-0.2, 0) is 9.53 Å².